The first-order valence-electron chi connectivity index (χ1n) is 8.54. The lowest BCUT2D eigenvalue weighted by Gasteiger charge is -2.08. The highest BCUT2D eigenvalue weighted by molar-refractivity contribution is 5.71. The lowest BCUT2D eigenvalue weighted by atomic mass is 10.1. The van der Waals surface area contributed by atoms with Crippen LogP contribution in [0.5, 0.6) is 0 Å². The monoisotopic (exact) mass is 301 g/mol. The number of ether oxygens (including phenoxy) is 1. The van der Waals surface area contributed by atoms with Crippen LogP contribution < -0.4 is 16.8 Å². The Bertz CT molecular complexity index is 236. The van der Waals surface area contributed by atoms with E-state index in [-0.39, 0.29) is 19.1 Å². The van der Waals surface area contributed by atoms with E-state index in [1.165, 1.54) is 57.8 Å². The molecule has 0 aliphatic heterocycles. The first kappa shape index (κ1) is 20.3. The Kier molecular flexibility index (Phi) is 15.2. The van der Waals surface area contributed by atoms with Gasteiger partial charge in [-0.3, -0.25) is 4.79 Å². The first-order valence-corrected chi connectivity index (χ1v) is 8.54. The van der Waals surface area contributed by atoms with Crippen LogP contribution >= 0.6 is 0 Å². The zero-order chi connectivity index (χ0) is 15.8. The third-order valence-corrected chi connectivity index (χ3v) is 3.41. The molecule has 0 spiro atoms. The molecule has 0 rings (SSSR count). The Morgan fingerprint density at radius 1 is 0.952 bits per heavy atom. The standard InChI is InChI=1S/C16H35N3O2/c1-2-3-4-5-6-7-8-9-10-11-12-19-13-16(20)21-14-15(17)18/h15,19H,2-14,17-18H2,1H3. The number of hydrogen-bond acceptors (Lipinski definition) is 5. The fraction of sp³-hybridized carbons (Fsp3) is 0.938. The van der Waals surface area contributed by atoms with Gasteiger partial charge in [0.2, 0.25) is 0 Å². The summed E-state index contributed by atoms with van der Waals surface area (Å²) in [5.41, 5.74) is 10.6. The second kappa shape index (κ2) is 15.7. The minimum atomic E-state index is -0.587. The van der Waals surface area contributed by atoms with Crippen molar-refractivity contribution in [2.45, 2.75) is 77.3 Å². The number of esters is 1. The van der Waals surface area contributed by atoms with E-state index < -0.39 is 6.17 Å². The van der Waals surface area contributed by atoms with E-state index in [9.17, 15) is 4.79 Å². The number of nitrogens with two attached hydrogens (primary N) is 2. The van der Waals surface area contributed by atoms with Gasteiger partial charge in [0.05, 0.1) is 12.7 Å². The third-order valence-electron chi connectivity index (χ3n) is 3.41. The molecule has 0 saturated carbocycles. The van der Waals surface area contributed by atoms with Crippen LogP contribution in [-0.4, -0.2) is 31.8 Å². The molecule has 5 N–H and O–H groups in total. The normalized spacial score (nSPS) is 11.0. The maximum Gasteiger partial charge on any atom is 0.320 e. The van der Waals surface area contributed by atoms with E-state index in [0.29, 0.717) is 0 Å². The van der Waals surface area contributed by atoms with Crippen LogP contribution in [0.4, 0.5) is 0 Å². The lowest BCUT2D eigenvalue weighted by Crippen LogP contribution is -2.37. The van der Waals surface area contributed by atoms with Crippen molar-refractivity contribution in [3.05, 3.63) is 0 Å². The van der Waals surface area contributed by atoms with Crippen molar-refractivity contribution in [2.24, 2.45) is 11.5 Å². The molecule has 0 aromatic carbocycles. The van der Waals surface area contributed by atoms with Gasteiger partial charge in [0, 0.05) is 0 Å². The molecule has 0 amide bonds. The van der Waals surface area contributed by atoms with Crippen molar-refractivity contribution in [2.75, 3.05) is 19.7 Å². The molecule has 5 heteroatoms. The van der Waals surface area contributed by atoms with Crippen molar-refractivity contribution < 1.29 is 9.53 Å². The molecule has 0 heterocycles. The van der Waals surface area contributed by atoms with Crippen molar-refractivity contribution in [1.82, 2.24) is 5.32 Å². The number of rotatable bonds is 15. The molecule has 0 fully saturated rings. The van der Waals surface area contributed by atoms with Crippen molar-refractivity contribution in [3.63, 3.8) is 0 Å². The van der Waals surface area contributed by atoms with E-state index in [1.807, 2.05) is 0 Å². The smallest absolute Gasteiger partial charge is 0.320 e. The fourth-order valence-electron chi connectivity index (χ4n) is 2.17. The molecule has 0 aromatic heterocycles. The SMILES string of the molecule is CCCCCCCCCCCCNCC(=O)OCC(N)N. The summed E-state index contributed by atoms with van der Waals surface area (Å²) < 4.78 is 4.85. The summed E-state index contributed by atoms with van der Waals surface area (Å²) in [6, 6.07) is 0. The molecule has 0 bridgehead atoms. The second-order valence-electron chi connectivity index (χ2n) is 5.71. The van der Waals surface area contributed by atoms with E-state index in [0.717, 1.165) is 13.0 Å². The molecule has 0 saturated heterocycles. The second-order valence-corrected chi connectivity index (χ2v) is 5.71. The molecule has 0 aromatic rings. The number of hydrogen-bond donors (Lipinski definition) is 3. The summed E-state index contributed by atoms with van der Waals surface area (Å²) in [5, 5.41) is 3.08. The summed E-state index contributed by atoms with van der Waals surface area (Å²) in [6.45, 7) is 3.43. The Morgan fingerprint density at radius 2 is 1.48 bits per heavy atom. The minimum absolute atomic E-state index is 0.0821. The van der Waals surface area contributed by atoms with Gasteiger partial charge in [0.1, 0.15) is 6.61 Å². The Balaban J connectivity index is 3.10. The van der Waals surface area contributed by atoms with Gasteiger partial charge in [0.25, 0.3) is 0 Å². The average Bonchev–Trinajstić information content (AvgIpc) is 2.46. The Hall–Kier alpha value is -0.650. The van der Waals surface area contributed by atoms with E-state index in [2.05, 4.69) is 12.2 Å². The van der Waals surface area contributed by atoms with Crippen LogP contribution in [-0.2, 0) is 9.53 Å². The van der Waals surface area contributed by atoms with E-state index in [1.54, 1.807) is 0 Å². The molecule has 0 atom stereocenters. The molecule has 0 unspecified atom stereocenters. The van der Waals surface area contributed by atoms with Gasteiger partial charge < -0.3 is 21.5 Å². The summed E-state index contributed by atoms with van der Waals surface area (Å²) in [7, 11) is 0. The molecular weight excluding hydrogens is 266 g/mol. The van der Waals surface area contributed by atoms with Gasteiger partial charge >= 0.3 is 5.97 Å². The van der Waals surface area contributed by atoms with Gasteiger partial charge in [-0.15, -0.1) is 0 Å². The van der Waals surface area contributed by atoms with Crippen LogP contribution in [0.15, 0.2) is 0 Å². The summed E-state index contributed by atoms with van der Waals surface area (Å²) in [5.74, 6) is -0.289. The quantitative estimate of drug-likeness (QED) is 0.245. The molecule has 21 heavy (non-hydrogen) atoms. The predicted octanol–water partition coefficient (Wildman–Crippen LogP) is 2.28. The molecule has 5 nitrogen and oxygen atoms in total. The van der Waals surface area contributed by atoms with Crippen molar-refractivity contribution >= 4 is 5.97 Å². The van der Waals surface area contributed by atoms with Crippen LogP contribution in [0.2, 0.25) is 0 Å². The Labute approximate surface area is 130 Å². The number of nitrogens with one attached hydrogen (secondary N) is 1. The van der Waals surface area contributed by atoms with Gasteiger partial charge in [-0.1, -0.05) is 64.7 Å². The predicted molar refractivity (Wildman–Crippen MR) is 87.8 cm³/mol. The highest BCUT2D eigenvalue weighted by atomic mass is 16.5. The highest BCUT2D eigenvalue weighted by Crippen LogP contribution is 2.10. The molecule has 0 aliphatic carbocycles. The highest BCUT2D eigenvalue weighted by Gasteiger charge is 2.03. The number of unbranched alkanes of at least 4 members (excludes halogenated alkanes) is 9. The first-order chi connectivity index (χ1) is 10.2. The molecule has 0 aliphatic rings. The van der Waals surface area contributed by atoms with E-state index >= 15 is 0 Å². The van der Waals surface area contributed by atoms with Gasteiger partial charge in [0.15, 0.2) is 0 Å². The number of carbonyl (C=O) groups is 1. The van der Waals surface area contributed by atoms with Crippen LogP contribution in [0.1, 0.15) is 71.1 Å². The summed E-state index contributed by atoms with van der Waals surface area (Å²) in [4.78, 5) is 11.2. The number of carbonyl (C=O) groups excluding carboxylic acids is 1. The zero-order valence-corrected chi connectivity index (χ0v) is 13.7. The maximum atomic E-state index is 11.2. The lowest BCUT2D eigenvalue weighted by molar-refractivity contribution is -0.143. The largest absolute Gasteiger partial charge is 0.462 e. The Morgan fingerprint density at radius 3 is 2.00 bits per heavy atom. The molecular formula is C16H35N3O2. The zero-order valence-electron chi connectivity index (χ0n) is 13.7. The fourth-order valence-corrected chi connectivity index (χ4v) is 2.17. The minimum Gasteiger partial charge on any atom is -0.462 e. The van der Waals surface area contributed by atoms with E-state index in [4.69, 9.17) is 16.2 Å². The van der Waals surface area contributed by atoms with Gasteiger partial charge in [-0.05, 0) is 13.0 Å². The van der Waals surface area contributed by atoms with Gasteiger partial charge in [-0.25, -0.2) is 0 Å². The topological polar surface area (TPSA) is 90.4 Å². The maximum absolute atomic E-state index is 11.2. The van der Waals surface area contributed by atoms with Crippen LogP contribution in [0.25, 0.3) is 0 Å². The molecule has 0 radical (unpaired) electrons. The van der Waals surface area contributed by atoms with Crippen LogP contribution in [0.3, 0.4) is 0 Å². The molecule has 126 valence electrons. The van der Waals surface area contributed by atoms with Crippen molar-refractivity contribution in [3.8, 4) is 0 Å². The summed E-state index contributed by atoms with van der Waals surface area (Å²) in [6.07, 6.45) is 12.6. The average molecular weight is 301 g/mol. The summed E-state index contributed by atoms with van der Waals surface area (Å²) >= 11 is 0. The van der Waals surface area contributed by atoms with Gasteiger partial charge in [-0.2, -0.15) is 0 Å². The van der Waals surface area contributed by atoms with Crippen LogP contribution in [0, 0.1) is 0 Å². The van der Waals surface area contributed by atoms with Crippen molar-refractivity contribution in [1.29, 1.82) is 0 Å². The third kappa shape index (κ3) is 17.3.